The summed E-state index contributed by atoms with van der Waals surface area (Å²) in [5, 5.41) is 8.80. The number of fused-ring (bicyclic) bond motifs is 1. The van der Waals surface area contributed by atoms with Crippen LogP contribution in [0.25, 0.3) is 0 Å². The second-order valence-corrected chi connectivity index (χ2v) is 3.55. The van der Waals surface area contributed by atoms with E-state index in [9.17, 15) is 4.79 Å². The molecule has 2 rings (SSSR count). The van der Waals surface area contributed by atoms with E-state index in [0.29, 0.717) is 13.1 Å². The lowest BCUT2D eigenvalue weighted by atomic mass is 10.1. The van der Waals surface area contributed by atoms with Gasteiger partial charge in [-0.15, -0.1) is 0 Å². The fourth-order valence-corrected chi connectivity index (χ4v) is 1.85. The Labute approximate surface area is 83.0 Å². The first-order valence-corrected chi connectivity index (χ1v) is 4.72. The van der Waals surface area contributed by atoms with Gasteiger partial charge in [0.2, 0.25) is 0 Å². The topological polar surface area (TPSA) is 40.5 Å². The van der Waals surface area contributed by atoms with Crippen LogP contribution in [0.4, 0.5) is 0 Å². The predicted molar refractivity (Wildman–Crippen MR) is 53.0 cm³/mol. The van der Waals surface area contributed by atoms with Gasteiger partial charge in [-0.1, -0.05) is 12.1 Å². The van der Waals surface area contributed by atoms with Crippen molar-refractivity contribution in [2.24, 2.45) is 0 Å². The van der Waals surface area contributed by atoms with Crippen molar-refractivity contribution in [3.63, 3.8) is 0 Å². The van der Waals surface area contributed by atoms with Crippen LogP contribution in [-0.4, -0.2) is 29.1 Å². The Morgan fingerprint density at radius 3 is 2.93 bits per heavy atom. The molecule has 0 fully saturated rings. The molecule has 1 heterocycles. The number of benzene rings is 1. The number of aliphatic hydroxyl groups excluding tert-OH is 1. The van der Waals surface area contributed by atoms with Gasteiger partial charge in [-0.25, -0.2) is 0 Å². The summed E-state index contributed by atoms with van der Waals surface area (Å²) in [4.78, 5) is 13.4. The maximum atomic E-state index is 11.8. The van der Waals surface area contributed by atoms with E-state index in [-0.39, 0.29) is 12.5 Å². The Bertz CT molecular complexity index is 374. The zero-order chi connectivity index (χ0) is 10.1. The summed E-state index contributed by atoms with van der Waals surface area (Å²) in [6, 6.07) is 5.76. The molecule has 0 bridgehead atoms. The van der Waals surface area contributed by atoms with Crippen LogP contribution in [-0.2, 0) is 6.54 Å². The van der Waals surface area contributed by atoms with E-state index in [4.69, 9.17) is 5.11 Å². The highest BCUT2D eigenvalue weighted by Gasteiger charge is 2.27. The molecule has 0 aliphatic carbocycles. The van der Waals surface area contributed by atoms with Crippen molar-refractivity contribution < 1.29 is 9.90 Å². The predicted octanol–water partition coefficient (Wildman–Crippen LogP) is 0.943. The molecular weight excluding hydrogens is 178 g/mol. The highest BCUT2D eigenvalue weighted by molar-refractivity contribution is 5.98. The number of hydrogen-bond acceptors (Lipinski definition) is 2. The smallest absolute Gasteiger partial charge is 0.254 e. The molecule has 0 atom stereocenters. The maximum absolute atomic E-state index is 11.8. The molecular formula is C11H13NO2. The van der Waals surface area contributed by atoms with Crippen LogP contribution in [0.1, 0.15) is 21.5 Å². The summed E-state index contributed by atoms with van der Waals surface area (Å²) in [7, 11) is 0. The van der Waals surface area contributed by atoms with E-state index in [1.807, 2.05) is 25.1 Å². The number of amides is 1. The molecule has 3 nitrogen and oxygen atoms in total. The minimum Gasteiger partial charge on any atom is -0.395 e. The quantitative estimate of drug-likeness (QED) is 0.755. The summed E-state index contributed by atoms with van der Waals surface area (Å²) in [6.45, 7) is 3.10. The van der Waals surface area contributed by atoms with Crippen LogP contribution >= 0.6 is 0 Å². The van der Waals surface area contributed by atoms with Gasteiger partial charge < -0.3 is 10.0 Å². The third-order valence-electron chi connectivity index (χ3n) is 2.65. The molecule has 3 heteroatoms. The number of β-amino-alcohol motifs (C(OH)–C–C–N with tert-alkyl or cyclic N) is 1. The molecule has 74 valence electrons. The van der Waals surface area contributed by atoms with Crippen LogP contribution in [0.3, 0.4) is 0 Å². The number of rotatable bonds is 2. The van der Waals surface area contributed by atoms with E-state index >= 15 is 0 Å². The second kappa shape index (κ2) is 3.42. The van der Waals surface area contributed by atoms with Crippen molar-refractivity contribution in [3.8, 4) is 0 Å². The van der Waals surface area contributed by atoms with E-state index in [0.717, 1.165) is 16.7 Å². The lowest BCUT2D eigenvalue weighted by Gasteiger charge is -2.12. The molecule has 0 aromatic heterocycles. The van der Waals surface area contributed by atoms with E-state index in [2.05, 4.69) is 0 Å². The van der Waals surface area contributed by atoms with Crippen molar-refractivity contribution in [3.05, 3.63) is 34.9 Å². The summed E-state index contributed by atoms with van der Waals surface area (Å²) in [5.74, 6) is 0.0396. The summed E-state index contributed by atoms with van der Waals surface area (Å²) in [5.41, 5.74) is 3.04. The van der Waals surface area contributed by atoms with E-state index < -0.39 is 0 Å². The first-order chi connectivity index (χ1) is 6.74. The lowest BCUT2D eigenvalue weighted by Crippen LogP contribution is -2.26. The van der Waals surface area contributed by atoms with Crippen molar-refractivity contribution >= 4 is 5.91 Å². The summed E-state index contributed by atoms with van der Waals surface area (Å²) in [6.07, 6.45) is 0. The largest absolute Gasteiger partial charge is 0.395 e. The van der Waals surface area contributed by atoms with Gasteiger partial charge in [0.1, 0.15) is 0 Å². The fourth-order valence-electron chi connectivity index (χ4n) is 1.85. The number of carbonyl (C=O) groups is 1. The summed E-state index contributed by atoms with van der Waals surface area (Å²) < 4.78 is 0. The maximum Gasteiger partial charge on any atom is 0.254 e. The molecule has 1 aromatic rings. The van der Waals surface area contributed by atoms with Crippen LogP contribution in [0.2, 0.25) is 0 Å². The molecule has 0 saturated heterocycles. The molecule has 0 unspecified atom stereocenters. The molecule has 14 heavy (non-hydrogen) atoms. The Morgan fingerprint density at radius 1 is 1.50 bits per heavy atom. The van der Waals surface area contributed by atoms with Gasteiger partial charge in [0, 0.05) is 18.7 Å². The third kappa shape index (κ3) is 1.30. The Kier molecular flexibility index (Phi) is 2.25. The summed E-state index contributed by atoms with van der Waals surface area (Å²) >= 11 is 0. The van der Waals surface area contributed by atoms with Gasteiger partial charge in [0.15, 0.2) is 0 Å². The molecule has 1 aromatic carbocycles. The van der Waals surface area contributed by atoms with Crippen LogP contribution in [0.5, 0.6) is 0 Å². The first kappa shape index (κ1) is 9.21. The molecule has 0 spiro atoms. The molecule has 1 N–H and O–H groups in total. The second-order valence-electron chi connectivity index (χ2n) is 3.55. The highest BCUT2D eigenvalue weighted by atomic mass is 16.3. The minimum absolute atomic E-state index is 0.0266. The Morgan fingerprint density at radius 2 is 2.29 bits per heavy atom. The number of carbonyl (C=O) groups excluding carboxylic acids is 1. The highest BCUT2D eigenvalue weighted by Crippen LogP contribution is 2.24. The van der Waals surface area contributed by atoms with E-state index in [1.165, 1.54) is 0 Å². The van der Waals surface area contributed by atoms with Gasteiger partial charge >= 0.3 is 0 Å². The van der Waals surface area contributed by atoms with E-state index in [1.54, 1.807) is 4.90 Å². The van der Waals surface area contributed by atoms with Crippen molar-refractivity contribution in [2.45, 2.75) is 13.5 Å². The van der Waals surface area contributed by atoms with Crippen molar-refractivity contribution in [1.82, 2.24) is 4.90 Å². The lowest BCUT2D eigenvalue weighted by molar-refractivity contribution is 0.0745. The molecule has 1 amide bonds. The number of nitrogens with zero attached hydrogens (tertiary/aromatic N) is 1. The normalized spacial score (nSPS) is 14.7. The number of aliphatic hydroxyl groups is 1. The average molecular weight is 191 g/mol. The average Bonchev–Trinajstić information content (AvgIpc) is 2.48. The number of hydrogen-bond donors (Lipinski definition) is 1. The van der Waals surface area contributed by atoms with Crippen molar-refractivity contribution in [1.29, 1.82) is 0 Å². The van der Waals surface area contributed by atoms with Gasteiger partial charge in [-0.05, 0) is 24.1 Å². The minimum atomic E-state index is 0.0266. The standard InChI is InChI=1S/C11H13NO2/c1-8-3-2-4-9-10(8)7-12(5-6-13)11(9)14/h2-4,13H,5-7H2,1H3. The monoisotopic (exact) mass is 191 g/mol. The van der Waals surface area contributed by atoms with Crippen LogP contribution in [0.15, 0.2) is 18.2 Å². The fraction of sp³-hybridized carbons (Fsp3) is 0.364. The van der Waals surface area contributed by atoms with Gasteiger partial charge in [-0.3, -0.25) is 4.79 Å². The zero-order valence-corrected chi connectivity index (χ0v) is 8.16. The van der Waals surface area contributed by atoms with Crippen LogP contribution in [0, 0.1) is 6.92 Å². The number of aryl methyl sites for hydroxylation is 1. The van der Waals surface area contributed by atoms with Gasteiger partial charge in [0.25, 0.3) is 5.91 Å². The van der Waals surface area contributed by atoms with Crippen LogP contribution < -0.4 is 0 Å². The first-order valence-electron chi connectivity index (χ1n) is 4.72. The Balaban J connectivity index is 2.35. The molecule has 0 radical (unpaired) electrons. The molecule has 1 aliphatic rings. The van der Waals surface area contributed by atoms with Crippen molar-refractivity contribution in [2.75, 3.05) is 13.2 Å². The van der Waals surface area contributed by atoms with Gasteiger partial charge in [-0.2, -0.15) is 0 Å². The Hall–Kier alpha value is -1.35. The molecule has 0 saturated carbocycles. The molecule has 1 aliphatic heterocycles. The zero-order valence-electron chi connectivity index (χ0n) is 8.16. The SMILES string of the molecule is Cc1cccc2c1CN(CCO)C2=O. The third-order valence-corrected chi connectivity index (χ3v) is 2.65. The van der Waals surface area contributed by atoms with Gasteiger partial charge in [0.05, 0.1) is 6.61 Å².